The van der Waals surface area contributed by atoms with Gasteiger partial charge in [0.1, 0.15) is 18.3 Å². The van der Waals surface area contributed by atoms with Crippen LogP contribution in [0.1, 0.15) is 36.1 Å². The molecule has 1 atom stereocenters. The highest BCUT2D eigenvalue weighted by atomic mass is 32.2. The quantitative estimate of drug-likeness (QED) is 0.206. The molecule has 4 rings (SSSR count). The Hall–Kier alpha value is -4.63. The number of carbonyl (C=O) groups is 2. The van der Waals surface area contributed by atoms with Gasteiger partial charge in [0.15, 0.2) is 0 Å². The molecule has 0 saturated carbocycles. The molecule has 0 aliphatic heterocycles. The van der Waals surface area contributed by atoms with Crippen molar-refractivity contribution in [1.82, 2.24) is 10.2 Å². The normalized spacial score (nSPS) is 12.0. The van der Waals surface area contributed by atoms with Crippen LogP contribution < -0.4 is 14.4 Å². The average Bonchev–Trinajstić information content (AvgIpc) is 3.02. The number of methoxy groups -OCH3 is 1. The van der Waals surface area contributed by atoms with E-state index in [0.717, 1.165) is 26.6 Å². The van der Waals surface area contributed by atoms with Crippen LogP contribution >= 0.6 is 0 Å². The zero-order valence-electron chi connectivity index (χ0n) is 26.4. The minimum absolute atomic E-state index is 0.0557. The van der Waals surface area contributed by atoms with Gasteiger partial charge in [-0.1, -0.05) is 77.9 Å². The summed E-state index contributed by atoms with van der Waals surface area (Å²) in [5, 5.41) is 2.97. The predicted molar refractivity (Wildman–Crippen MR) is 178 cm³/mol. The third-order valence-corrected chi connectivity index (χ3v) is 9.21. The van der Waals surface area contributed by atoms with Gasteiger partial charge in [-0.2, -0.15) is 0 Å². The summed E-state index contributed by atoms with van der Waals surface area (Å²) in [5.74, 6) is -0.277. The van der Waals surface area contributed by atoms with E-state index in [1.54, 1.807) is 36.4 Å². The van der Waals surface area contributed by atoms with Crippen LogP contribution in [0.3, 0.4) is 0 Å². The lowest BCUT2D eigenvalue weighted by atomic mass is 10.0. The second-order valence-corrected chi connectivity index (χ2v) is 13.3. The third kappa shape index (κ3) is 8.73. The van der Waals surface area contributed by atoms with E-state index in [9.17, 15) is 18.0 Å². The van der Waals surface area contributed by atoms with Crippen LogP contribution in [-0.4, -0.2) is 50.9 Å². The Bertz CT molecular complexity index is 1670. The van der Waals surface area contributed by atoms with Crippen molar-refractivity contribution in [1.29, 1.82) is 0 Å². The number of hydrogen-bond acceptors (Lipinski definition) is 5. The fourth-order valence-corrected chi connectivity index (χ4v) is 6.35. The van der Waals surface area contributed by atoms with Crippen LogP contribution in [0, 0.1) is 13.8 Å². The largest absolute Gasteiger partial charge is 0.497 e. The van der Waals surface area contributed by atoms with Gasteiger partial charge in [-0.15, -0.1) is 0 Å². The van der Waals surface area contributed by atoms with Crippen molar-refractivity contribution in [3.8, 4) is 5.75 Å². The number of nitrogens with zero attached hydrogens (tertiary/aromatic N) is 2. The van der Waals surface area contributed by atoms with Crippen molar-refractivity contribution in [2.75, 3.05) is 18.0 Å². The predicted octanol–water partition coefficient (Wildman–Crippen LogP) is 5.67. The monoisotopic (exact) mass is 627 g/mol. The van der Waals surface area contributed by atoms with Gasteiger partial charge in [-0.05, 0) is 75.2 Å². The Morgan fingerprint density at radius 3 is 1.91 bits per heavy atom. The van der Waals surface area contributed by atoms with Gasteiger partial charge in [0, 0.05) is 19.0 Å². The first kappa shape index (κ1) is 33.3. The van der Waals surface area contributed by atoms with Crippen molar-refractivity contribution in [2.24, 2.45) is 0 Å². The van der Waals surface area contributed by atoms with E-state index < -0.39 is 28.5 Å². The van der Waals surface area contributed by atoms with Crippen molar-refractivity contribution in [2.45, 2.75) is 57.6 Å². The Morgan fingerprint density at radius 1 is 0.778 bits per heavy atom. The first-order chi connectivity index (χ1) is 21.5. The minimum Gasteiger partial charge on any atom is -0.497 e. The van der Waals surface area contributed by atoms with E-state index in [4.69, 9.17) is 4.74 Å². The number of hydrogen-bond donors (Lipinski definition) is 1. The molecular weight excluding hydrogens is 586 g/mol. The highest BCUT2D eigenvalue weighted by Crippen LogP contribution is 2.27. The van der Waals surface area contributed by atoms with Gasteiger partial charge in [0.2, 0.25) is 11.8 Å². The highest BCUT2D eigenvalue weighted by Gasteiger charge is 2.34. The summed E-state index contributed by atoms with van der Waals surface area (Å²) in [6.07, 6.45) is 0.254. The van der Waals surface area contributed by atoms with Gasteiger partial charge in [-0.25, -0.2) is 8.42 Å². The summed E-state index contributed by atoms with van der Waals surface area (Å²) < 4.78 is 34.7. The Labute approximate surface area is 266 Å². The number of nitrogens with one attached hydrogen (secondary N) is 1. The van der Waals surface area contributed by atoms with Crippen LogP contribution in [-0.2, 0) is 32.6 Å². The molecule has 236 valence electrons. The van der Waals surface area contributed by atoms with Crippen LogP contribution in [0.4, 0.5) is 5.69 Å². The smallest absolute Gasteiger partial charge is 0.264 e. The number of rotatable bonds is 13. The number of anilines is 1. The van der Waals surface area contributed by atoms with Crippen LogP contribution in [0.2, 0.25) is 0 Å². The summed E-state index contributed by atoms with van der Waals surface area (Å²) in [7, 11) is -2.65. The molecule has 4 aromatic rings. The first-order valence-electron chi connectivity index (χ1n) is 14.9. The van der Waals surface area contributed by atoms with Crippen LogP contribution in [0.25, 0.3) is 0 Å². The standard InChI is InChI=1S/C36H41N3O5S/c1-26(2)37-36(41)34(23-29-9-7-6-8-10-29)38(24-30-15-11-27(3)12-16-30)35(40)25-39(31-17-19-32(44-5)20-18-31)45(42,43)33-21-13-28(4)14-22-33/h6-22,26,34H,23-25H2,1-5H3,(H,37,41)/t34-/m1/s1. The van der Waals surface area contributed by atoms with E-state index in [2.05, 4.69) is 5.32 Å². The van der Waals surface area contributed by atoms with E-state index in [0.29, 0.717) is 11.4 Å². The lowest BCUT2D eigenvalue weighted by Crippen LogP contribution is -2.54. The molecule has 4 aromatic carbocycles. The average molecular weight is 628 g/mol. The van der Waals surface area contributed by atoms with E-state index >= 15 is 0 Å². The molecule has 0 aliphatic rings. The summed E-state index contributed by atoms with van der Waals surface area (Å²) in [5.41, 5.74) is 3.96. The minimum atomic E-state index is -4.18. The summed E-state index contributed by atoms with van der Waals surface area (Å²) in [6, 6.07) is 29.2. The van der Waals surface area contributed by atoms with Gasteiger partial charge in [0.25, 0.3) is 10.0 Å². The molecule has 0 unspecified atom stereocenters. The third-order valence-electron chi connectivity index (χ3n) is 7.42. The molecular formula is C36H41N3O5S. The molecule has 0 aromatic heterocycles. The lowest BCUT2D eigenvalue weighted by molar-refractivity contribution is -0.140. The summed E-state index contributed by atoms with van der Waals surface area (Å²) >= 11 is 0. The molecule has 0 radical (unpaired) electrons. The van der Waals surface area contributed by atoms with Crippen molar-refractivity contribution < 1.29 is 22.7 Å². The maximum Gasteiger partial charge on any atom is 0.264 e. The van der Waals surface area contributed by atoms with Crippen LogP contribution in [0.15, 0.2) is 108 Å². The van der Waals surface area contributed by atoms with Crippen molar-refractivity contribution in [3.05, 3.63) is 125 Å². The van der Waals surface area contributed by atoms with Gasteiger partial charge >= 0.3 is 0 Å². The van der Waals surface area contributed by atoms with Gasteiger partial charge < -0.3 is 15.0 Å². The maximum absolute atomic E-state index is 14.5. The zero-order valence-corrected chi connectivity index (χ0v) is 27.3. The number of aryl methyl sites for hydroxylation is 2. The van der Waals surface area contributed by atoms with Gasteiger partial charge in [-0.3, -0.25) is 13.9 Å². The number of sulfonamides is 1. The number of ether oxygens (including phenoxy) is 1. The Morgan fingerprint density at radius 2 is 1.36 bits per heavy atom. The number of benzene rings is 4. The summed E-state index contributed by atoms with van der Waals surface area (Å²) in [4.78, 5) is 29.8. The fraction of sp³-hybridized carbons (Fsp3) is 0.278. The fourth-order valence-electron chi connectivity index (χ4n) is 4.94. The van der Waals surface area contributed by atoms with Crippen molar-refractivity contribution in [3.63, 3.8) is 0 Å². The number of amides is 2. The molecule has 45 heavy (non-hydrogen) atoms. The molecule has 2 amide bonds. The molecule has 0 spiro atoms. The zero-order chi connectivity index (χ0) is 32.6. The first-order valence-corrected chi connectivity index (χ1v) is 16.3. The molecule has 0 bridgehead atoms. The Kier molecular flexibility index (Phi) is 11.0. The second kappa shape index (κ2) is 14.9. The topological polar surface area (TPSA) is 96.0 Å². The van der Waals surface area contributed by atoms with Crippen molar-refractivity contribution >= 4 is 27.5 Å². The van der Waals surface area contributed by atoms with Gasteiger partial charge in [0.05, 0.1) is 17.7 Å². The van der Waals surface area contributed by atoms with Crippen LogP contribution in [0.5, 0.6) is 5.75 Å². The Balaban J connectivity index is 1.80. The number of carbonyl (C=O) groups excluding carboxylic acids is 2. The summed E-state index contributed by atoms with van der Waals surface area (Å²) in [6.45, 7) is 7.17. The SMILES string of the molecule is COc1ccc(N(CC(=O)N(Cc2ccc(C)cc2)[C@H](Cc2ccccc2)C(=O)NC(C)C)S(=O)(=O)c2ccc(C)cc2)cc1. The molecule has 1 N–H and O–H groups in total. The van der Waals surface area contributed by atoms with E-state index in [-0.39, 0.29) is 29.8 Å². The van der Waals surface area contributed by atoms with E-state index in [1.165, 1.54) is 24.1 Å². The molecule has 9 heteroatoms. The second-order valence-electron chi connectivity index (χ2n) is 11.4. The highest BCUT2D eigenvalue weighted by molar-refractivity contribution is 7.92. The molecule has 0 heterocycles. The van der Waals surface area contributed by atoms with E-state index in [1.807, 2.05) is 82.3 Å². The molecule has 0 fully saturated rings. The lowest BCUT2D eigenvalue weighted by Gasteiger charge is -2.34. The molecule has 8 nitrogen and oxygen atoms in total. The maximum atomic E-state index is 14.5. The molecule has 0 saturated heterocycles. The molecule has 0 aliphatic carbocycles.